The minimum atomic E-state index is 0.0811. The number of imidazole rings is 1. The number of hydrogen-bond donors (Lipinski definition) is 1. The number of ketones is 1. The molecule has 0 atom stereocenters. The second kappa shape index (κ2) is 8.00. The Balaban J connectivity index is 1.53. The van der Waals surface area contributed by atoms with Gasteiger partial charge in [0.15, 0.2) is 0 Å². The molecule has 1 aromatic carbocycles. The summed E-state index contributed by atoms with van der Waals surface area (Å²) in [6.45, 7) is 1.56. The molecule has 6 heteroatoms. The van der Waals surface area contributed by atoms with E-state index < -0.39 is 0 Å². The van der Waals surface area contributed by atoms with Crippen LogP contribution in [-0.2, 0) is 18.3 Å². The highest BCUT2D eigenvalue weighted by atomic mass is 16.5. The average Bonchev–Trinajstić information content (AvgIpc) is 2.97. The van der Waals surface area contributed by atoms with E-state index in [1.54, 1.807) is 25.3 Å². The lowest BCUT2D eigenvalue weighted by Crippen LogP contribution is -2.23. The van der Waals surface area contributed by atoms with Crippen molar-refractivity contribution in [3.8, 4) is 11.5 Å². The Bertz CT molecular complexity index is 989. The van der Waals surface area contributed by atoms with Crippen molar-refractivity contribution in [2.24, 2.45) is 7.05 Å². The summed E-state index contributed by atoms with van der Waals surface area (Å²) in [7, 11) is 2.04. The summed E-state index contributed by atoms with van der Waals surface area (Å²) in [6, 6.07) is 10.0. The van der Waals surface area contributed by atoms with Gasteiger partial charge in [0, 0.05) is 37.8 Å². The molecule has 2 heterocycles. The predicted octanol–water partition coefficient (Wildman–Crippen LogP) is 4.64. The molecule has 0 aliphatic heterocycles. The van der Waals surface area contributed by atoms with Crippen LogP contribution in [0.3, 0.4) is 0 Å². The highest BCUT2D eigenvalue weighted by molar-refractivity contribution is 5.80. The van der Waals surface area contributed by atoms with Crippen LogP contribution >= 0.6 is 0 Å². The highest BCUT2D eigenvalue weighted by Crippen LogP contribution is 2.28. The van der Waals surface area contributed by atoms with Gasteiger partial charge < -0.3 is 14.6 Å². The SMILES string of the molecule is CC(=O)Cc1cc(Oc2ccc3c(c2)nc(NC2CCCCC2)n3C)ccn1. The monoisotopic (exact) mass is 378 g/mol. The molecule has 0 saturated heterocycles. The number of anilines is 1. The van der Waals surface area contributed by atoms with Crippen LogP contribution in [-0.4, -0.2) is 26.4 Å². The molecule has 146 valence electrons. The van der Waals surface area contributed by atoms with E-state index in [1.807, 2.05) is 25.2 Å². The number of aromatic nitrogens is 3. The van der Waals surface area contributed by atoms with E-state index in [9.17, 15) is 4.79 Å². The Morgan fingerprint density at radius 3 is 2.75 bits per heavy atom. The average molecular weight is 378 g/mol. The smallest absolute Gasteiger partial charge is 0.203 e. The summed E-state index contributed by atoms with van der Waals surface area (Å²) in [5.41, 5.74) is 2.68. The number of aryl methyl sites for hydroxylation is 1. The quantitative estimate of drug-likeness (QED) is 0.677. The van der Waals surface area contributed by atoms with Gasteiger partial charge in [0.2, 0.25) is 5.95 Å². The third kappa shape index (κ3) is 4.16. The molecule has 0 unspecified atom stereocenters. The van der Waals surface area contributed by atoms with Gasteiger partial charge in [-0.1, -0.05) is 19.3 Å². The summed E-state index contributed by atoms with van der Waals surface area (Å²) < 4.78 is 8.09. The van der Waals surface area contributed by atoms with Crippen LogP contribution in [0.4, 0.5) is 5.95 Å². The van der Waals surface area contributed by atoms with E-state index in [-0.39, 0.29) is 5.78 Å². The zero-order valence-electron chi connectivity index (χ0n) is 16.4. The maximum Gasteiger partial charge on any atom is 0.203 e. The number of carbonyl (C=O) groups excluding carboxylic acids is 1. The number of nitrogens with one attached hydrogen (secondary N) is 1. The number of pyridine rings is 1. The van der Waals surface area contributed by atoms with Gasteiger partial charge in [0.05, 0.1) is 16.7 Å². The first-order chi connectivity index (χ1) is 13.6. The zero-order valence-corrected chi connectivity index (χ0v) is 16.4. The van der Waals surface area contributed by atoms with E-state index in [4.69, 9.17) is 9.72 Å². The number of ether oxygens (including phenoxy) is 1. The predicted molar refractivity (Wildman–Crippen MR) is 110 cm³/mol. The van der Waals surface area contributed by atoms with Crippen molar-refractivity contribution in [2.75, 3.05) is 5.32 Å². The van der Waals surface area contributed by atoms with Gasteiger partial charge >= 0.3 is 0 Å². The third-order valence-electron chi connectivity index (χ3n) is 5.24. The molecule has 2 aromatic heterocycles. The molecular formula is C22H26N4O2. The van der Waals surface area contributed by atoms with Crippen LogP contribution in [0.25, 0.3) is 11.0 Å². The van der Waals surface area contributed by atoms with Crippen molar-refractivity contribution < 1.29 is 9.53 Å². The number of carbonyl (C=O) groups is 1. The number of Topliss-reactive ketones (excluding diaryl/α,β-unsaturated/α-hetero) is 1. The van der Waals surface area contributed by atoms with Crippen LogP contribution < -0.4 is 10.1 Å². The van der Waals surface area contributed by atoms with E-state index in [0.717, 1.165) is 22.7 Å². The van der Waals surface area contributed by atoms with Crippen molar-refractivity contribution in [2.45, 2.75) is 51.5 Å². The topological polar surface area (TPSA) is 69.0 Å². The largest absolute Gasteiger partial charge is 0.457 e. The number of hydrogen-bond acceptors (Lipinski definition) is 5. The van der Waals surface area contributed by atoms with E-state index in [2.05, 4.69) is 14.9 Å². The zero-order chi connectivity index (χ0) is 19.5. The molecule has 0 bridgehead atoms. The van der Waals surface area contributed by atoms with Crippen LogP contribution in [0.1, 0.15) is 44.7 Å². The summed E-state index contributed by atoms with van der Waals surface area (Å²) in [6.07, 6.45) is 8.31. The molecule has 1 N–H and O–H groups in total. The normalized spacial score (nSPS) is 14.9. The summed E-state index contributed by atoms with van der Waals surface area (Å²) >= 11 is 0. The number of rotatable bonds is 6. The van der Waals surface area contributed by atoms with Crippen molar-refractivity contribution in [3.05, 3.63) is 42.2 Å². The lowest BCUT2D eigenvalue weighted by molar-refractivity contribution is -0.116. The molecule has 4 rings (SSSR count). The molecular weight excluding hydrogens is 352 g/mol. The van der Waals surface area contributed by atoms with Crippen molar-refractivity contribution in [1.29, 1.82) is 0 Å². The summed E-state index contributed by atoms with van der Waals surface area (Å²) in [5, 5.41) is 3.60. The van der Waals surface area contributed by atoms with Gasteiger partial charge in [-0.05, 0) is 38.0 Å². The van der Waals surface area contributed by atoms with Crippen LogP contribution in [0, 0.1) is 0 Å². The standard InChI is InChI=1S/C22H26N4O2/c1-15(27)12-17-13-19(10-11-23-17)28-18-8-9-21-20(14-18)25-22(26(21)2)24-16-6-4-3-5-7-16/h8-11,13-14,16H,3-7,12H2,1-2H3,(H,24,25). The van der Waals surface area contributed by atoms with Crippen molar-refractivity contribution >= 4 is 22.8 Å². The molecule has 6 nitrogen and oxygen atoms in total. The van der Waals surface area contributed by atoms with Crippen LogP contribution in [0.2, 0.25) is 0 Å². The number of benzene rings is 1. The van der Waals surface area contributed by atoms with Crippen LogP contribution in [0.5, 0.6) is 11.5 Å². The first-order valence-electron chi connectivity index (χ1n) is 9.94. The molecule has 1 fully saturated rings. The van der Waals surface area contributed by atoms with Gasteiger partial charge in [0.25, 0.3) is 0 Å². The molecule has 1 aliphatic rings. The lowest BCUT2D eigenvalue weighted by atomic mass is 9.96. The fourth-order valence-electron chi connectivity index (χ4n) is 3.81. The van der Waals surface area contributed by atoms with Crippen LogP contribution in [0.15, 0.2) is 36.5 Å². The maximum atomic E-state index is 11.3. The third-order valence-corrected chi connectivity index (χ3v) is 5.24. The fourth-order valence-corrected chi connectivity index (χ4v) is 3.81. The minimum absolute atomic E-state index is 0.0811. The molecule has 28 heavy (non-hydrogen) atoms. The fraction of sp³-hybridized carbons (Fsp3) is 0.409. The number of fused-ring (bicyclic) bond motifs is 1. The Morgan fingerprint density at radius 2 is 1.96 bits per heavy atom. The molecule has 3 aromatic rings. The van der Waals surface area contributed by atoms with Crippen molar-refractivity contribution in [1.82, 2.24) is 14.5 Å². The molecule has 1 aliphatic carbocycles. The molecule has 0 amide bonds. The van der Waals surface area contributed by atoms with Crippen molar-refractivity contribution in [3.63, 3.8) is 0 Å². The lowest BCUT2D eigenvalue weighted by Gasteiger charge is -2.23. The molecule has 0 radical (unpaired) electrons. The first-order valence-corrected chi connectivity index (χ1v) is 9.94. The highest BCUT2D eigenvalue weighted by Gasteiger charge is 2.16. The van der Waals surface area contributed by atoms with Gasteiger partial charge in [0.1, 0.15) is 17.3 Å². The van der Waals surface area contributed by atoms with E-state index in [1.165, 1.54) is 32.1 Å². The Hall–Kier alpha value is -2.89. The van der Waals surface area contributed by atoms with E-state index >= 15 is 0 Å². The summed E-state index contributed by atoms with van der Waals surface area (Å²) in [5.74, 6) is 2.38. The van der Waals surface area contributed by atoms with Gasteiger partial charge in [-0.25, -0.2) is 4.98 Å². The Kier molecular flexibility index (Phi) is 5.28. The second-order valence-corrected chi connectivity index (χ2v) is 7.59. The van der Waals surface area contributed by atoms with Gasteiger partial charge in [-0.2, -0.15) is 0 Å². The number of nitrogens with zero attached hydrogens (tertiary/aromatic N) is 3. The summed E-state index contributed by atoms with van der Waals surface area (Å²) in [4.78, 5) is 20.3. The Labute approximate surface area is 164 Å². The maximum absolute atomic E-state index is 11.3. The molecule has 1 saturated carbocycles. The van der Waals surface area contributed by atoms with Gasteiger partial charge in [-0.3, -0.25) is 9.78 Å². The van der Waals surface area contributed by atoms with Gasteiger partial charge in [-0.15, -0.1) is 0 Å². The Morgan fingerprint density at radius 1 is 1.18 bits per heavy atom. The first kappa shape index (κ1) is 18.5. The molecule has 0 spiro atoms. The minimum Gasteiger partial charge on any atom is -0.457 e. The second-order valence-electron chi connectivity index (χ2n) is 7.59. The van der Waals surface area contributed by atoms with E-state index in [0.29, 0.717) is 23.9 Å².